The standard InChI is InChI=1S/C24H23ClFNO4S/c1-17-12-22(7-8-23(17)26)32(28,29)27-10-11-31-24-9-4-19(13-20(24)14-27)16-30-15-18-2-5-21(25)6-3-18/h2-9,12-13H,10-11,14-16H2,1H3. The summed E-state index contributed by atoms with van der Waals surface area (Å²) in [5.41, 5.74) is 2.98. The highest BCUT2D eigenvalue weighted by Gasteiger charge is 2.28. The topological polar surface area (TPSA) is 55.8 Å². The smallest absolute Gasteiger partial charge is 0.243 e. The highest BCUT2D eigenvalue weighted by atomic mass is 35.5. The molecule has 0 unspecified atom stereocenters. The summed E-state index contributed by atoms with van der Waals surface area (Å²) >= 11 is 5.90. The van der Waals surface area contributed by atoms with E-state index in [9.17, 15) is 12.8 Å². The number of hydrogen-bond donors (Lipinski definition) is 0. The zero-order chi connectivity index (χ0) is 22.7. The summed E-state index contributed by atoms with van der Waals surface area (Å²) < 4.78 is 52.9. The summed E-state index contributed by atoms with van der Waals surface area (Å²) in [5, 5.41) is 0.676. The molecule has 3 aromatic rings. The minimum Gasteiger partial charge on any atom is -0.492 e. The zero-order valence-corrected chi connectivity index (χ0v) is 19.1. The third kappa shape index (κ3) is 5.13. The van der Waals surface area contributed by atoms with Gasteiger partial charge >= 0.3 is 0 Å². The first-order valence-corrected chi connectivity index (χ1v) is 12.0. The SMILES string of the molecule is Cc1cc(S(=O)(=O)N2CCOc3ccc(COCc4ccc(Cl)cc4)cc3C2)ccc1F. The van der Waals surface area contributed by atoms with E-state index >= 15 is 0 Å². The Morgan fingerprint density at radius 3 is 2.50 bits per heavy atom. The summed E-state index contributed by atoms with van der Waals surface area (Å²) in [7, 11) is -3.79. The lowest BCUT2D eigenvalue weighted by Crippen LogP contribution is -2.32. The number of nitrogens with zero attached hydrogens (tertiary/aromatic N) is 1. The number of sulfonamides is 1. The van der Waals surface area contributed by atoms with Crippen molar-refractivity contribution in [3.63, 3.8) is 0 Å². The molecule has 1 heterocycles. The van der Waals surface area contributed by atoms with E-state index in [1.54, 1.807) is 6.92 Å². The molecular formula is C24H23ClFNO4S. The first-order chi connectivity index (χ1) is 15.3. The molecule has 5 nitrogen and oxygen atoms in total. The number of ether oxygens (including phenoxy) is 2. The minimum absolute atomic E-state index is 0.0716. The van der Waals surface area contributed by atoms with Gasteiger partial charge in [-0.25, -0.2) is 12.8 Å². The van der Waals surface area contributed by atoms with Crippen LogP contribution in [0.4, 0.5) is 4.39 Å². The molecule has 8 heteroatoms. The van der Waals surface area contributed by atoms with Crippen molar-refractivity contribution >= 4 is 21.6 Å². The van der Waals surface area contributed by atoms with Crippen molar-refractivity contribution < 1.29 is 22.3 Å². The highest BCUT2D eigenvalue weighted by molar-refractivity contribution is 7.89. The molecule has 0 bridgehead atoms. The number of benzene rings is 3. The van der Waals surface area contributed by atoms with Crippen LogP contribution in [-0.4, -0.2) is 25.9 Å². The highest BCUT2D eigenvalue weighted by Crippen LogP contribution is 2.28. The fourth-order valence-corrected chi connectivity index (χ4v) is 5.13. The van der Waals surface area contributed by atoms with E-state index < -0.39 is 15.8 Å². The largest absolute Gasteiger partial charge is 0.492 e. The van der Waals surface area contributed by atoms with E-state index in [1.165, 1.54) is 22.5 Å². The maximum absolute atomic E-state index is 13.6. The predicted molar refractivity (Wildman–Crippen MR) is 121 cm³/mol. The van der Waals surface area contributed by atoms with E-state index in [4.69, 9.17) is 21.1 Å². The maximum atomic E-state index is 13.6. The molecule has 0 aliphatic carbocycles. The Morgan fingerprint density at radius 2 is 1.75 bits per heavy atom. The molecule has 0 aromatic heterocycles. The van der Waals surface area contributed by atoms with Crippen LogP contribution in [0.2, 0.25) is 5.02 Å². The van der Waals surface area contributed by atoms with Gasteiger partial charge in [-0.05, 0) is 66.1 Å². The number of halogens is 2. The molecule has 32 heavy (non-hydrogen) atoms. The van der Waals surface area contributed by atoms with E-state index in [-0.39, 0.29) is 30.2 Å². The van der Waals surface area contributed by atoms with Crippen molar-refractivity contribution in [3.8, 4) is 5.75 Å². The molecule has 0 fully saturated rings. The molecule has 3 aromatic carbocycles. The third-order valence-corrected chi connectivity index (χ3v) is 7.38. The van der Waals surface area contributed by atoms with Crippen LogP contribution >= 0.6 is 11.6 Å². The summed E-state index contributed by atoms with van der Waals surface area (Å²) in [5.74, 6) is 0.219. The number of aryl methyl sites for hydroxylation is 1. The minimum atomic E-state index is -3.79. The fraction of sp³-hybridized carbons (Fsp3) is 0.250. The average molecular weight is 476 g/mol. The molecule has 0 saturated carbocycles. The summed E-state index contributed by atoms with van der Waals surface area (Å²) in [4.78, 5) is 0.0716. The molecular weight excluding hydrogens is 453 g/mol. The second-order valence-corrected chi connectivity index (χ2v) is 10.0. The summed E-state index contributed by atoms with van der Waals surface area (Å²) in [6.07, 6.45) is 0. The van der Waals surface area contributed by atoms with Gasteiger partial charge in [-0.15, -0.1) is 0 Å². The van der Waals surface area contributed by atoms with E-state index in [2.05, 4.69) is 0 Å². The second kappa shape index (κ2) is 9.58. The van der Waals surface area contributed by atoms with Crippen LogP contribution in [-0.2, 0) is 34.5 Å². The lowest BCUT2D eigenvalue weighted by atomic mass is 10.1. The van der Waals surface area contributed by atoms with Gasteiger partial charge in [0.25, 0.3) is 0 Å². The van der Waals surface area contributed by atoms with Crippen LogP contribution in [0.1, 0.15) is 22.3 Å². The van der Waals surface area contributed by atoms with Crippen molar-refractivity contribution in [2.75, 3.05) is 13.2 Å². The summed E-state index contributed by atoms with van der Waals surface area (Å²) in [6.45, 7) is 2.97. The summed E-state index contributed by atoms with van der Waals surface area (Å²) in [6, 6.07) is 16.9. The molecule has 0 atom stereocenters. The first-order valence-electron chi connectivity index (χ1n) is 10.2. The first kappa shape index (κ1) is 22.7. The number of hydrogen-bond acceptors (Lipinski definition) is 4. The third-order valence-electron chi connectivity index (χ3n) is 5.29. The van der Waals surface area contributed by atoms with Gasteiger partial charge in [0.05, 0.1) is 18.1 Å². The lowest BCUT2D eigenvalue weighted by molar-refractivity contribution is 0.107. The van der Waals surface area contributed by atoms with Crippen LogP contribution < -0.4 is 4.74 Å². The van der Waals surface area contributed by atoms with Gasteiger partial charge in [-0.1, -0.05) is 29.8 Å². The van der Waals surface area contributed by atoms with Crippen molar-refractivity contribution in [1.82, 2.24) is 4.31 Å². The van der Waals surface area contributed by atoms with E-state index in [1.807, 2.05) is 42.5 Å². The molecule has 1 aliphatic rings. The Labute approximate surface area is 192 Å². The van der Waals surface area contributed by atoms with Gasteiger partial charge in [0, 0.05) is 23.7 Å². The Hall–Kier alpha value is -2.45. The van der Waals surface area contributed by atoms with Crippen LogP contribution in [0.3, 0.4) is 0 Å². The lowest BCUT2D eigenvalue weighted by Gasteiger charge is -2.20. The Kier molecular flexibility index (Phi) is 6.81. The van der Waals surface area contributed by atoms with Crippen molar-refractivity contribution in [3.05, 3.63) is 93.8 Å². The molecule has 0 spiro atoms. The molecule has 0 radical (unpaired) electrons. The van der Waals surface area contributed by atoms with Gasteiger partial charge in [0.15, 0.2) is 0 Å². The Bertz CT molecular complexity index is 1220. The molecule has 168 valence electrons. The van der Waals surface area contributed by atoms with Gasteiger partial charge in [0.1, 0.15) is 18.2 Å². The second-order valence-electron chi connectivity index (χ2n) is 7.66. The van der Waals surface area contributed by atoms with Crippen LogP contribution in [0, 0.1) is 12.7 Å². The van der Waals surface area contributed by atoms with Crippen LogP contribution in [0.5, 0.6) is 5.75 Å². The Morgan fingerprint density at radius 1 is 1.03 bits per heavy atom. The number of fused-ring (bicyclic) bond motifs is 1. The predicted octanol–water partition coefficient (Wildman–Crippen LogP) is 5.09. The van der Waals surface area contributed by atoms with E-state index in [0.717, 1.165) is 16.7 Å². The van der Waals surface area contributed by atoms with Gasteiger partial charge in [0.2, 0.25) is 10.0 Å². The molecule has 0 saturated heterocycles. The van der Waals surface area contributed by atoms with Gasteiger partial charge < -0.3 is 9.47 Å². The quantitative estimate of drug-likeness (QED) is 0.498. The van der Waals surface area contributed by atoms with E-state index in [0.29, 0.717) is 24.0 Å². The molecule has 0 amide bonds. The molecule has 0 N–H and O–H groups in total. The average Bonchev–Trinajstić information content (AvgIpc) is 2.99. The van der Waals surface area contributed by atoms with Crippen LogP contribution in [0.15, 0.2) is 65.6 Å². The van der Waals surface area contributed by atoms with Gasteiger partial charge in [-0.2, -0.15) is 4.31 Å². The van der Waals surface area contributed by atoms with Gasteiger partial charge in [-0.3, -0.25) is 0 Å². The molecule has 1 aliphatic heterocycles. The Balaban J connectivity index is 1.49. The maximum Gasteiger partial charge on any atom is 0.243 e. The zero-order valence-electron chi connectivity index (χ0n) is 17.6. The molecule has 4 rings (SSSR count). The monoisotopic (exact) mass is 475 g/mol. The normalized spacial score (nSPS) is 14.5. The number of rotatable bonds is 6. The van der Waals surface area contributed by atoms with Crippen molar-refractivity contribution in [2.45, 2.75) is 31.6 Å². The van der Waals surface area contributed by atoms with Crippen LogP contribution in [0.25, 0.3) is 0 Å². The van der Waals surface area contributed by atoms with Crippen molar-refractivity contribution in [1.29, 1.82) is 0 Å². The van der Waals surface area contributed by atoms with Crippen molar-refractivity contribution in [2.24, 2.45) is 0 Å². The fourth-order valence-electron chi connectivity index (χ4n) is 3.51.